The molecule has 1 amide bonds. The Morgan fingerprint density at radius 3 is 2.69 bits per heavy atom. The minimum Gasteiger partial charge on any atom is -0.490 e. The molecular weight excluding hydrogens is 497 g/mol. The van der Waals surface area contributed by atoms with Crippen molar-refractivity contribution in [2.45, 2.75) is 17.9 Å². The molecule has 0 saturated carbocycles. The van der Waals surface area contributed by atoms with Crippen LogP contribution in [0.1, 0.15) is 18.1 Å². The number of ether oxygens (including phenoxy) is 2. The van der Waals surface area contributed by atoms with Crippen LogP contribution in [-0.2, 0) is 11.4 Å². The number of benzene rings is 3. The summed E-state index contributed by atoms with van der Waals surface area (Å²) < 4.78 is 26.1. The topological polar surface area (TPSA) is 72.8 Å². The Bertz CT molecular complexity index is 1330. The second kappa shape index (κ2) is 12.9. The van der Waals surface area contributed by atoms with Crippen molar-refractivity contribution < 1.29 is 18.7 Å². The van der Waals surface area contributed by atoms with Crippen molar-refractivity contribution in [2.24, 2.45) is 5.10 Å². The van der Waals surface area contributed by atoms with Crippen molar-refractivity contribution in [3.63, 3.8) is 0 Å². The summed E-state index contributed by atoms with van der Waals surface area (Å²) in [5.74, 6) is 0.655. The first kappa shape index (κ1) is 25.4. The summed E-state index contributed by atoms with van der Waals surface area (Å²) in [7, 11) is 0. The third kappa shape index (κ3) is 7.16. The fourth-order valence-corrected chi connectivity index (χ4v) is 4.79. The molecule has 0 saturated heterocycles. The molecule has 4 rings (SSSR count). The highest BCUT2D eigenvalue weighted by Gasteiger charge is 2.10. The number of aromatic nitrogens is 1. The van der Waals surface area contributed by atoms with Gasteiger partial charge in [0.25, 0.3) is 5.91 Å². The molecule has 3 aromatic carbocycles. The van der Waals surface area contributed by atoms with Gasteiger partial charge in [0.05, 0.1) is 24.3 Å². The number of hydrogen-bond donors (Lipinski definition) is 1. The standard InChI is InChI=1S/C27H24FN3O3S2/c1-2-33-25-14-19(12-13-24(25)34-16-21-10-6-7-11-22(21)28)15-29-31-26(32)18-36-27-30-23(17-35-27)20-8-4-3-5-9-20/h3-15,17H,2,16,18H2,1H3,(H,31,32)/b29-15+. The number of hydrazone groups is 1. The highest BCUT2D eigenvalue weighted by Crippen LogP contribution is 2.30. The van der Waals surface area contributed by atoms with Gasteiger partial charge in [0, 0.05) is 16.5 Å². The second-order valence-corrected chi connectivity index (χ2v) is 9.55. The van der Waals surface area contributed by atoms with Crippen LogP contribution in [0.15, 0.2) is 87.6 Å². The zero-order valence-electron chi connectivity index (χ0n) is 19.5. The molecule has 0 spiro atoms. The van der Waals surface area contributed by atoms with E-state index in [-0.39, 0.29) is 24.1 Å². The van der Waals surface area contributed by atoms with Crippen molar-refractivity contribution in [3.8, 4) is 22.8 Å². The highest BCUT2D eigenvalue weighted by atomic mass is 32.2. The van der Waals surface area contributed by atoms with Crippen LogP contribution in [0.4, 0.5) is 4.39 Å². The van der Waals surface area contributed by atoms with Crippen LogP contribution in [0.25, 0.3) is 11.3 Å². The second-order valence-electron chi connectivity index (χ2n) is 7.47. The minimum atomic E-state index is -0.320. The van der Waals surface area contributed by atoms with Gasteiger partial charge in [-0.25, -0.2) is 14.8 Å². The monoisotopic (exact) mass is 521 g/mol. The molecule has 9 heteroatoms. The van der Waals surface area contributed by atoms with Gasteiger partial charge in [-0.3, -0.25) is 4.79 Å². The molecule has 0 aliphatic heterocycles. The SMILES string of the molecule is CCOc1cc(/C=N/NC(=O)CSc2nc(-c3ccccc3)cs2)ccc1OCc1ccccc1F. The Labute approximate surface area is 217 Å². The number of nitrogens with one attached hydrogen (secondary N) is 1. The van der Waals surface area contributed by atoms with Crippen molar-refractivity contribution >= 4 is 35.2 Å². The lowest BCUT2D eigenvalue weighted by molar-refractivity contribution is -0.118. The van der Waals surface area contributed by atoms with Crippen LogP contribution < -0.4 is 14.9 Å². The first-order valence-corrected chi connectivity index (χ1v) is 13.1. The zero-order chi connectivity index (χ0) is 25.2. The van der Waals surface area contributed by atoms with Crippen LogP contribution >= 0.6 is 23.1 Å². The molecule has 4 aromatic rings. The first-order chi connectivity index (χ1) is 17.6. The van der Waals surface area contributed by atoms with E-state index < -0.39 is 0 Å². The molecule has 1 heterocycles. The molecule has 0 radical (unpaired) electrons. The number of carbonyl (C=O) groups is 1. The number of hydrogen-bond acceptors (Lipinski definition) is 7. The van der Waals surface area contributed by atoms with Crippen molar-refractivity contribution in [2.75, 3.05) is 12.4 Å². The smallest absolute Gasteiger partial charge is 0.250 e. The van der Waals surface area contributed by atoms with Gasteiger partial charge in [-0.2, -0.15) is 5.10 Å². The van der Waals surface area contributed by atoms with E-state index in [9.17, 15) is 9.18 Å². The van der Waals surface area contributed by atoms with E-state index in [2.05, 4.69) is 15.5 Å². The lowest BCUT2D eigenvalue weighted by Gasteiger charge is -2.13. The summed E-state index contributed by atoms with van der Waals surface area (Å²) in [5.41, 5.74) is 5.65. The Balaban J connectivity index is 1.29. The summed E-state index contributed by atoms with van der Waals surface area (Å²) in [6.07, 6.45) is 1.53. The molecule has 36 heavy (non-hydrogen) atoms. The van der Waals surface area contributed by atoms with E-state index in [0.29, 0.717) is 23.7 Å². The molecule has 0 aliphatic carbocycles. The summed E-state index contributed by atoms with van der Waals surface area (Å²) in [4.78, 5) is 16.8. The fourth-order valence-electron chi connectivity index (χ4n) is 3.17. The Morgan fingerprint density at radius 2 is 1.89 bits per heavy atom. The lowest BCUT2D eigenvalue weighted by Crippen LogP contribution is -2.19. The lowest BCUT2D eigenvalue weighted by atomic mass is 10.2. The van der Waals surface area contributed by atoms with Crippen LogP contribution in [0.2, 0.25) is 0 Å². The summed E-state index contributed by atoms with van der Waals surface area (Å²) in [5, 5.41) is 6.02. The van der Waals surface area contributed by atoms with Gasteiger partial charge < -0.3 is 9.47 Å². The van der Waals surface area contributed by atoms with Gasteiger partial charge in [0.2, 0.25) is 0 Å². The highest BCUT2D eigenvalue weighted by molar-refractivity contribution is 8.01. The molecule has 0 fully saturated rings. The Morgan fingerprint density at radius 1 is 1.08 bits per heavy atom. The molecule has 6 nitrogen and oxygen atoms in total. The predicted octanol–water partition coefficient (Wildman–Crippen LogP) is 6.17. The molecular formula is C27H24FN3O3S2. The maximum Gasteiger partial charge on any atom is 0.250 e. The predicted molar refractivity (Wildman–Crippen MR) is 142 cm³/mol. The number of halogens is 1. The number of rotatable bonds is 11. The Hall–Kier alpha value is -3.69. The zero-order valence-corrected chi connectivity index (χ0v) is 21.2. The minimum absolute atomic E-state index is 0.0832. The van der Waals surface area contributed by atoms with Gasteiger partial charge in [0.1, 0.15) is 12.4 Å². The summed E-state index contributed by atoms with van der Waals surface area (Å²) in [6.45, 7) is 2.39. The van der Waals surface area contributed by atoms with E-state index in [1.54, 1.807) is 36.4 Å². The van der Waals surface area contributed by atoms with E-state index in [1.165, 1.54) is 35.4 Å². The summed E-state index contributed by atoms with van der Waals surface area (Å²) in [6, 6.07) is 21.6. The maximum atomic E-state index is 13.9. The van der Waals surface area contributed by atoms with E-state index in [1.807, 2.05) is 42.6 Å². The van der Waals surface area contributed by atoms with Crippen molar-refractivity contribution in [1.29, 1.82) is 0 Å². The van der Waals surface area contributed by atoms with Gasteiger partial charge >= 0.3 is 0 Å². The van der Waals surface area contributed by atoms with E-state index in [4.69, 9.17) is 9.47 Å². The number of nitrogens with zero attached hydrogens (tertiary/aromatic N) is 2. The maximum absolute atomic E-state index is 13.9. The van der Waals surface area contributed by atoms with Crippen molar-refractivity contribution in [3.05, 3.63) is 95.1 Å². The van der Waals surface area contributed by atoms with E-state index >= 15 is 0 Å². The van der Waals surface area contributed by atoms with Crippen molar-refractivity contribution in [1.82, 2.24) is 10.4 Å². The molecule has 1 N–H and O–H groups in total. The van der Waals surface area contributed by atoms with Crippen LogP contribution in [0.5, 0.6) is 11.5 Å². The average Bonchev–Trinajstić information content (AvgIpc) is 3.38. The molecule has 1 aromatic heterocycles. The first-order valence-electron chi connectivity index (χ1n) is 11.2. The van der Waals surface area contributed by atoms with Gasteiger partial charge in [-0.15, -0.1) is 11.3 Å². The number of carbonyl (C=O) groups excluding carboxylic acids is 1. The molecule has 0 bridgehead atoms. The third-order valence-electron chi connectivity index (χ3n) is 4.89. The molecule has 0 atom stereocenters. The van der Waals surface area contributed by atoms with E-state index in [0.717, 1.165) is 21.2 Å². The van der Waals surface area contributed by atoms with Gasteiger partial charge in [-0.05, 0) is 36.8 Å². The normalized spacial score (nSPS) is 10.9. The van der Waals surface area contributed by atoms with Crippen LogP contribution in [0, 0.1) is 5.82 Å². The van der Waals surface area contributed by atoms with Gasteiger partial charge in [-0.1, -0.05) is 60.3 Å². The third-order valence-corrected chi connectivity index (χ3v) is 6.91. The number of thiazole rings is 1. The molecule has 0 unspecified atom stereocenters. The average molecular weight is 522 g/mol. The van der Waals surface area contributed by atoms with Crippen LogP contribution in [-0.4, -0.2) is 29.5 Å². The van der Waals surface area contributed by atoms with Gasteiger partial charge in [0.15, 0.2) is 15.8 Å². The molecule has 184 valence electrons. The van der Waals surface area contributed by atoms with Crippen LogP contribution in [0.3, 0.4) is 0 Å². The Kier molecular flexibility index (Phi) is 9.07. The fraction of sp³-hybridized carbons (Fsp3) is 0.148. The largest absolute Gasteiger partial charge is 0.490 e. The molecule has 0 aliphatic rings. The quantitative estimate of drug-likeness (QED) is 0.145. The number of thioether (sulfide) groups is 1. The number of amides is 1. The summed E-state index contributed by atoms with van der Waals surface area (Å²) >= 11 is 2.87.